The molecule has 0 saturated carbocycles. The van der Waals surface area contributed by atoms with Crippen LogP contribution >= 0.6 is 0 Å². The summed E-state index contributed by atoms with van der Waals surface area (Å²) in [5, 5.41) is 3.33. The molecule has 0 aliphatic rings. The van der Waals surface area contributed by atoms with Crippen LogP contribution in [0.15, 0.2) is 41.0 Å². The second-order valence-electron chi connectivity index (χ2n) is 4.57. The Morgan fingerprint density at radius 3 is 2.65 bits per heavy atom. The van der Waals surface area contributed by atoms with Crippen molar-refractivity contribution < 1.29 is 13.9 Å². The highest BCUT2D eigenvalue weighted by atomic mass is 16.5. The first-order valence-electron chi connectivity index (χ1n) is 6.70. The first kappa shape index (κ1) is 14.5. The monoisotopic (exact) mass is 275 g/mol. The number of hydrogen-bond acceptors (Lipinski definition) is 4. The van der Waals surface area contributed by atoms with E-state index in [1.807, 2.05) is 37.4 Å². The van der Waals surface area contributed by atoms with Crippen LogP contribution in [0.25, 0.3) is 0 Å². The van der Waals surface area contributed by atoms with E-state index in [0.29, 0.717) is 0 Å². The maximum absolute atomic E-state index is 5.45. The molecule has 20 heavy (non-hydrogen) atoms. The summed E-state index contributed by atoms with van der Waals surface area (Å²) in [4.78, 5) is 0. The molecule has 1 unspecified atom stereocenters. The van der Waals surface area contributed by atoms with E-state index in [9.17, 15) is 0 Å². The van der Waals surface area contributed by atoms with Crippen molar-refractivity contribution >= 4 is 0 Å². The van der Waals surface area contributed by atoms with E-state index in [1.54, 1.807) is 20.5 Å². The molecule has 0 aliphatic heterocycles. The van der Waals surface area contributed by atoms with E-state index in [0.717, 1.165) is 35.7 Å². The van der Waals surface area contributed by atoms with Gasteiger partial charge < -0.3 is 19.2 Å². The lowest BCUT2D eigenvalue weighted by Crippen LogP contribution is -2.18. The van der Waals surface area contributed by atoms with E-state index in [2.05, 4.69) is 5.32 Å². The minimum atomic E-state index is 0.185. The molecule has 0 aliphatic carbocycles. The van der Waals surface area contributed by atoms with Gasteiger partial charge in [-0.25, -0.2) is 0 Å². The van der Waals surface area contributed by atoms with Gasteiger partial charge in [-0.15, -0.1) is 0 Å². The quantitative estimate of drug-likeness (QED) is 0.842. The van der Waals surface area contributed by atoms with Crippen molar-refractivity contribution in [3.05, 3.63) is 47.9 Å². The lowest BCUT2D eigenvalue weighted by atomic mass is 10.00. The highest BCUT2D eigenvalue weighted by Crippen LogP contribution is 2.31. The van der Waals surface area contributed by atoms with Gasteiger partial charge in [0.15, 0.2) is 0 Å². The van der Waals surface area contributed by atoms with Gasteiger partial charge in [0.05, 0.1) is 20.5 Å². The average molecular weight is 275 g/mol. The van der Waals surface area contributed by atoms with Crippen molar-refractivity contribution in [1.82, 2.24) is 5.32 Å². The van der Waals surface area contributed by atoms with E-state index in [-0.39, 0.29) is 6.04 Å². The van der Waals surface area contributed by atoms with Crippen molar-refractivity contribution in [2.45, 2.75) is 18.9 Å². The maximum Gasteiger partial charge on any atom is 0.123 e. The lowest BCUT2D eigenvalue weighted by Gasteiger charge is -2.19. The summed E-state index contributed by atoms with van der Waals surface area (Å²) in [6, 6.07) is 9.95. The minimum absolute atomic E-state index is 0.185. The molecule has 1 heterocycles. The number of nitrogens with one attached hydrogen (secondary N) is 1. The highest BCUT2D eigenvalue weighted by molar-refractivity contribution is 5.42. The summed E-state index contributed by atoms with van der Waals surface area (Å²) in [5.74, 6) is 2.69. The Morgan fingerprint density at radius 2 is 2.05 bits per heavy atom. The van der Waals surface area contributed by atoms with Gasteiger partial charge in [-0.2, -0.15) is 0 Å². The molecule has 0 fully saturated rings. The van der Waals surface area contributed by atoms with Crippen LogP contribution < -0.4 is 14.8 Å². The zero-order valence-electron chi connectivity index (χ0n) is 12.2. The Kier molecular flexibility index (Phi) is 5.07. The van der Waals surface area contributed by atoms with Crippen molar-refractivity contribution in [2.24, 2.45) is 0 Å². The molecular weight excluding hydrogens is 254 g/mol. The maximum atomic E-state index is 5.45. The molecule has 1 atom stereocenters. The molecule has 0 bridgehead atoms. The summed E-state index contributed by atoms with van der Waals surface area (Å²) in [7, 11) is 5.30. The molecule has 0 radical (unpaired) electrons. The van der Waals surface area contributed by atoms with E-state index >= 15 is 0 Å². The number of furan rings is 1. The van der Waals surface area contributed by atoms with E-state index < -0.39 is 0 Å². The third kappa shape index (κ3) is 3.33. The smallest absolute Gasteiger partial charge is 0.123 e. The molecular formula is C16H21NO3. The predicted octanol–water partition coefficient (Wildman–Crippen LogP) is 3.19. The van der Waals surface area contributed by atoms with Gasteiger partial charge in [0.1, 0.15) is 17.3 Å². The van der Waals surface area contributed by atoms with Gasteiger partial charge in [0, 0.05) is 18.0 Å². The van der Waals surface area contributed by atoms with Gasteiger partial charge >= 0.3 is 0 Å². The fourth-order valence-electron chi connectivity index (χ4n) is 2.31. The molecule has 2 aromatic rings. The first-order chi connectivity index (χ1) is 9.78. The fourth-order valence-corrected chi connectivity index (χ4v) is 2.31. The zero-order chi connectivity index (χ0) is 14.4. The molecule has 0 spiro atoms. The molecule has 1 N–H and O–H groups in total. The normalized spacial score (nSPS) is 12.2. The Labute approximate surface area is 119 Å². The number of rotatable bonds is 7. The average Bonchev–Trinajstić information content (AvgIpc) is 3.01. The van der Waals surface area contributed by atoms with Gasteiger partial charge in [-0.1, -0.05) is 0 Å². The van der Waals surface area contributed by atoms with Crippen LogP contribution in [-0.2, 0) is 6.42 Å². The van der Waals surface area contributed by atoms with Crippen LogP contribution in [0.3, 0.4) is 0 Å². The minimum Gasteiger partial charge on any atom is -0.497 e. The topological polar surface area (TPSA) is 43.6 Å². The van der Waals surface area contributed by atoms with E-state index in [4.69, 9.17) is 13.9 Å². The lowest BCUT2D eigenvalue weighted by molar-refractivity contribution is 0.387. The predicted molar refractivity (Wildman–Crippen MR) is 78.4 cm³/mol. The first-order valence-corrected chi connectivity index (χ1v) is 6.70. The second kappa shape index (κ2) is 7.01. The Hall–Kier alpha value is -1.94. The second-order valence-corrected chi connectivity index (χ2v) is 4.57. The van der Waals surface area contributed by atoms with Crippen LogP contribution in [0.2, 0.25) is 0 Å². The van der Waals surface area contributed by atoms with Crippen molar-refractivity contribution in [3.63, 3.8) is 0 Å². The number of aryl methyl sites for hydroxylation is 1. The van der Waals surface area contributed by atoms with Crippen molar-refractivity contribution in [2.75, 3.05) is 21.3 Å². The number of ether oxygens (including phenoxy) is 2. The standard InChI is InChI=1S/C16H21NO3/c1-17-15(8-6-12-5-4-10-20-12)14-11-13(18-2)7-9-16(14)19-3/h4-5,7,9-11,15,17H,6,8H2,1-3H3. The third-order valence-electron chi connectivity index (χ3n) is 3.42. The summed E-state index contributed by atoms with van der Waals surface area (Å²) >= 11 is 0. The van der Waals surface area contributed by atoms with Gasteiger partial charge in [0.25, 0.3) is 0 Å². The summed E-state index contributed by atoms with van der Waals surface area (Å²) in [5.41, 5.74) is 1.10. The molecule has 2 rings (SSSR count). The Morgan fingerprint density at radius 1 is 1.20 bits per heavy atom. The van der Waals surface area contributed by atoms with Gasteiger partial charge in [0.2, 0.25) is 0 Å². The number of hydrogen-bond donors (Lipinski definition) is 1. The molecule has 1 aromatic heterocycles. The number of methoxy groups -OCH3 is 2. The SMILES string of the molecule is CNC(CCc1ccco1)c1cc(OC)ccc1OC. The summed E-state index contributed by atoms with van der Waals surface area (Å²) in [6.07, 6.45) is 3.50. The zero-order valence-corrected chi connectivity index (χ0v) is 12.2. The molecule has 4 nitrogen and oxygen atoms in total. The molecule has 108 valence electrons. The summed E-state index contributed by atoms with van der Waals surface area (Å²) in [6.45, 7) is 0. The highest BCUT2D eigenvalue weighted by Gasteiger charge is 2.16. The molecule has 4 heteroatoms. The summed E-state index contributed by atoms with van der Waals surface area (Å²) < 4.78 is 16.1. The van der Waals surface area contributed by atoms with Crippen LogP contribution in [0.1, 0.15) is 23.8 Å². The molecule has 1 aromatic carbocycles. The third-order valence-corrected chi connectivity index (χ3v) is 3.42. The van der Waals surface area contributed by atoms with Crippen molar-refractivity contribution in [1.29, 1.82) is 0 Å². The van der Waals surface area contributed by atoms with Crippen LogP contribution in [0, 0.1) is 0 Å². The largest absolute Gasteiger partial charge is 0.497 e. The van der Waals surface area contributed by atoms with Crippen LogP contribution in [-0.4, -0.2) is 21.3 Å². The van der Waals surface area contributed by atoms with E-state index in [1.165, 1.54) is 0 Å². The number of benzene rings is 1. The molecule has 0 saturated heterocycles. The van der Waals surface area contributed by atoms with Crippen LogP contribution in [0.5, 0.6) is 11.5 Å². The van der Waals surface area contributed by atoms with Gasteiger partial charge in [-0.3, -0.25) is 0 Å². The fraction of sp³-hybridized carbons (Fsp3) is 0.375. The van der Waals surface area contributed by atoms with Crippen molar-refractivity contribution in [3.8, 4) is 11.5 Å². The Bertz CT molecular complexity index is 523. The van der Waals surface area contributed by atoms with Crippen LogP contribution in [0.4, 0.5) is 0 Å². The van der Waals surface area contributed by atoms with Gasteiger partial charge in [-0.05, 0) is 43.8 Å². The Balaban J connectivity index is 2.16. The molecule has 0 amide bonds.